The maximum absolute atomic E-state index is 14.0. The van der Waals surface area contributed by atoms with Crippen LogP contribution in [0.4, 0.5) is 13.2 Å². The molecule has 0 radical (unpaired) electrons. The van der Waals surface area contributed by atoms with E-state index in [1.165, 1.54) is 34.7 Å². The lowest BCUT2D eigenvalue weighted by molar-refractivity contribution is -0.884. The Bertz CT molecular complexity index is 2050. The molecular formula is C33H32F3N8O3+. The molecule has 0 unspecified atom stereocenters. The molecule has 0 saturated heterocycles. The van der Waals surface area contributed by atoms with Gasteiger partial charge in [0.25, 0.3) is 11.5 Å². The minimum absolute atomic E-state index is 0.00339. The molecule has 1 N–H and O–H groups in total. The zero-order valence-corrected chi connectivity index (χ0v) is 26.1. The Morgan fingerprint density at radius 1 is 1.11 bits per heavy atom. The molecule has 0 aliphatic heterocycles. The summed E-state index contributed by atoms with van der Waals surface area (Å²) in [6.07, 6.45) is -0.347. The summed E-state index contributed by atoms with van der Waals surface area (Å²) in [6, 6.07) is 14.3. The lowest BCUT2D eigenvalue weighted by atomic mass is 9.80. The van der Waals surface area contributed by atoms with Gasteiger partial charge in [-0.1, -0.05) is 6.07 Å². The number of carbonyl (C=O) groups excluding carboxylic acids is 1. The highest BCUT2D eigenvalue weighted by molar-refractivity contribution is 6.00. The molecule has 0 atom stereocenters. The van der Waals surface area contributed by atoms with Gasteiger partial charge in [0.15, 0.2) is 11.7 Å². The van der Waals surface area contributed by atoms with Crippen LogP contribution in [0.3, 0.4) is 0 Å². The lowest BCUT2D eigenvalue weighted by Gasteiger charge is -2.33. The summed E-state index contributed by atoms with van der Waals surface area (Å²) in [4.78, 5) is 32.4. The molecule has 11 nitrogen and oxygen atoms in total. The van der Waals surface area contributed by atoms with Gasteiger partial charge >= 0.3 is 6.18 Å². The zero-order chi connectivity index (χ0) is 33.7. The SMILES string of the molecule is Cn1c(-c2ccnn2-c2ccc(C#N)cc2)c(C(=O)NC2CC(c3ncc(C[N+](C)(C)C)o3)C2)c(=O)n1-c1cccc(C(F)(F)F)c1. The number of nitrogens with one attached hydrogen (secondary N) is 1. The van der Waals surface area contributed by atoms with Gasteiger partial charge in [0.2, 0.25) is 0 Å². The van der Waals surface area contributed by atoms with Gasteiger partial charge in [-0.25, -0.2) is 14.3 Å². The van der Waals surface area contributed by atoms with E-state index >= 15 is 0 Å². The topological polar surface area (TPSA) is 124 Å². The van der Waals surface area contributed by atoms with Crippen LogP contribution in [0.25, 0.3) is 22.8 Å². The third-order valence-corrected chi connectivity index (χ3v) is 8.06. The summed E-state index contributed by atoms with van der Waals surface area (Å²) in [5.41, 5.74) is -0.554. The fourth-order valence-electron chi connectivity index (χ4n) is 5.82. The van der Waals surface area contributed by atoms with Gasteiger partial charge in [0.05, 0.1) is 67.8 Å². The van der Waals surface area contributed by atoms with Crippen LogP contribution in [-0.2, 0) is 19.8 Å². The van der Waals surface area contributed by atoms with Crippen LogP contribution in [0.2, 0.25) is 0 Å². The predicted molar refractivity (Wildman–Crippen MR) is 165 cm³/mol. The van der Waals surface area contributed by atoms with Crippen LogP contribution in [0.15, 0.2) is 76.2 Å². The third kappa shape index (κ3) is 6.22. The van der Waals surface area contributed by atoms with Crippen LogP contribution in [-0.4, -0.2) is 61.7 Å². The largest absolute Gasteiger partial charge is 0.439 e. The van der Waals surface area contributed by atoms with Crippen molar-refractivity contribution in [3.8, 4) is 28.8 Å². The monoisotopic (exact) mass is 645 g/mol. The zero-order valence-electron chi connectivity index (χ0n) is 26.1. The summed E-state index contributed by atoms with van der Waals surface area (Å²) in [5.74, 6) is 0.692. The molecular weight excluding hydrogens is 613 g/mol. The number of quaternary nitrogens is 1. The van der Waals surface area contributed by atoms with Gasteiger partial charge in [-0.3, -0.25) is 14.3 Å². The molecule has 1 fully saturated rings. The number of benzene rings is 2. The van der Waals surface area contributed by atoms with Gasteiger partial charge in [-0.05, 0) is 61.4 Å². The quantitative estimate of drug-likeness (QED) is 0.242. The molecule has 1 aliphatic carbocycles. The van der Waals surface area contributed by atoms with Gasteiger partial charge in [-0.2, -0.15) is 23.5 Å². The minimum atomic E-state index is -4.64. The van der Waals surface area contributed by atoms with E-state index in [9.17, 15) is 28.0 Å². The Morgan fingerprint density at radius 3 is 2.49 bits per heavy atom. The molecule has 5 aromatic rings. The number of nitrogens with zero attached hydrogens (tertiary/aromatic N) is 7. The number of aromatic nitrogens is 5. The molecule has 0 bridgehead atoms. The first-order valence-corrected chi connectivity index (χ1v) is 14.8. The standard InChI is InChI=1S/C33H31F3N8O3/c1-41-29(27-12-13-39-42(27)24-10-8-20(17-37)9-11-24)28(32(46)43(41)25-7-5-6-22(16-25)33(34,35)36)30(45)40-23-14-21(15-23)31-38-18-26(47-31)19-44(2,3)4/h5-13,16,18,21,23H,14-15,19H2,1-4H3/p+1. The van der Waals surface area contributed by atoms with Crippen molar-refractivity contribution in [2.75, 3.05) is 21.1 Å². The van der Waals surface area contributed by atoms with Crippen LogP contribution in [0.5, 0.6) is 0 Å². The molecule has 3 heterocycles. The maximum atomic E-state index is 14.0. The normalized spacial score (nSPS) is 16.5. The van der Waals surface area contributed by atoms with Crippen LogP contribution in [0, 0.1) is 11.3 Å². The average molecular weight is 646 g/mol. The first kappa shape index (κ1) is 31.6. The van der Waals surface area contributed by atoms with E-state index in [2.05, 4.69) is 21.5 Å². The van der Waals surface area contributed by atoms with Crippen molar-refractivity contribution in [1.29, 1.82) is 5.26 Å². The second-order valence-electron chi connectivity index (χ2n) is 12.7. The van der Waals surface area contributed by atoms with Crippen molar-refractivity contribution >= 4 is 5.91 Å². The van der Waals surface area contributed by atoms with Crippen molar-refractivity contribution in [2.45, 2.75) is 37.5 Å². The molecule has 242 valence electrons. The number of rotatable bonds is 8. The number of nitriles is 1. The highest BCUT2D eigenvalue weighted by atomic mass is 19.4. The number of carbonyl (C=O) groups is 1. The van der Waals surface area contributed by atoms with E-state index in [0.29, 0.717) is 46.7 Å². The number of alkyl halides is 3. The Labute approximate surface area is 267 Å². The van der Waals surface area contributed by atoms with Gasteiger partial charge in [-0.15, -0.1) is 0 Å². The van der Waals surface area contributed by atoms with E-state index in [0.717, 1.165) is 22.6 Å². The van der Waals surface area contributed by atoms with E-state index < -0.39 is 23.2 Å². The van der Waals surface area contributed by atoms with Crippen molar-refractivity contribution < 1.29 is 26.9 Å². The fourth-order valence-corrected chi connectivity index (χ4v) is 5.82. The van der Waals surface area contributed by atoms with Crippen LogP contribution < -0.4 is 10.9 Å². The highest BCUT2D eigenvalue weighted by Gasteiger charge is 2.37. The number of oxazole rings is 1. The summed E-state index contributed by atoms with van der Waals surface area (Å²) in [6.45, 7) is 0.674. The third-order valence-electron chi connectivity index (χ3n) is 8.06. The number of halogens is 3. The summed E-state index contributed by atoms with van der Waals surface area (Å²) in [7, 11) is 7.65. The van der Waals surface area contributed by atoms with E-state index in [1.807, 2.05) is 21.1 Å². The van der Waals surface area contributed by atoms with Crippen molar-refractivity contribution in [3.63, 3.8) is 0 Å². The molecule has 3 aromatic heterocycles. The smallest absolute Gasteiger partial charge is 0.416 e. The van der Waals surface area contributed by atoms with E-state index in [1.54, 1.807) is 36.5 Å². The molecule has 14 heteroatoms. The molecule has 6 rings (SSSR count). The number of amides is 1. The van der Waals surface area contributed by atoms with E-state index in [4.69, 9.17) is 4.42 Å². The second kappa shape index (κ2) is 11.7. The Balaban J connectivity index is 1.36. The maximum Gasteiger partial charge on any atom is 0.416 e. The molecule has 0 spiro atoms. The van der Waals surface area contributed by atoms with Gasteiger partial charge in [0.1, 0.15) is 17.8 Å². The summed E-state index contributed by atoms with van der Waals surface area (Å²) in [5, 5.41) is 16.5. The first-order chi connectivity index (χ1) is 22.2. The van der Waals surface area contributed by atoms with Crippen molar-refractivity contribution in [3.05, 3.63) is 106 Å². The molecule has 2 aromatic carbocycles. The fraction of sp³-hybridized carbons (Fsp3) is 0.303. The molecule has 47 heavy (non-hydrogen) atoms. The highest BCUT2D eigenvalue weighted by Crippen LogP contribution is 2.37. The lowest BCUT2D eigenvalue weighted by Crippen LogP contribution is -2.44. The molecule has 1 saturated carbocycles. The second-order valence-corrected chi connectivity index (χ2v) is 12.7. The molecule has 1 amide bonds. The molecule has 1 aliphatic rings. The minimum Gasteiger partial charge on any atom is -0.439 e. The van der Waals surface area contributed by atoms with Gasteiger partial charge in [0, 0.05) is 19.0 Å². The Morgan fingerprint density at radius 2 is 1.83 bits per heavy atom. The number of hydrogen-bond acceptors (Lipinski definition) is 6. The van der Waals surface area contributed by atoms with Crippen molar-refractivity contribution in [2.24, 2.45) is 7.05 Å². The van der Waals surface area contributed by atoms with Crippen molar-refractivity contribution in [1.82, 2.24) is 29.4 Å². The van der Waals surface area contributed by atoms with Crippen LogP contribution in [0.1, 0.15) is 51.9 Å². The summed E-state index contributed by atoms with van der Waals surface area (Å²) >= 11 is 0. The van der Waals surface area contributed by atoms with Crippen LogP contribution >= 0.6 is 0 Å². The Hall–Kier alpha value is -5.42. The van der Waals surface area contributed by atoms with E-state index in [-0.39, 0.29) is 28.9 Å². The average Bonchev–Trinajstić information content (AvgIpc) is 3.71. The van der Waals surface area contributed by atoms with Gasteiger partial charge < -0.3 is 14.2 Å². The Kier molecular flexibility index (Phi) is 7.88. The first-order valence-electron chi connectivity index (χ1n) is 14.8. The summed E-state index contributed by atoms with van der Waals surface area (Å²) < 4.78 is 51.4. The predicted octanol–water partition coefficient (Wildman–Crippen LogP) is 4.79. The number of hydrogen-bond donors (Lipinski definition) is 1.